The van der Waals surface area contributed by atoms with E-state index < -0.39 is 5.63 Å². The first-order valence-corrected chi connectivity index (χ1v) is 8.97. The van der Waals surface area contributed by atoms with E-state index in [1.165, 1.54) is 12.8 Å². The quantitative estimate of drug-likeness (QED) is 0.572. The molecule has 5 heteroatoms. The maximum atomic E-state index is 12.8. The van der Waals surface area contributed by atoms with Gasteiger partial charge in [-0.1, -0.05) is 37.8 Å². The minimum atomic E-state index is -0.405. The zero-order chi connectivity index (χ0) is 17.4. The van der Waals surface area contributed by atoms with Gasteiger partial charge in [0.05, 0.1) is 10.9 Å². The fourth-order valence-corrected chi connectivity index (χ4v) is 3.89. The average molecular weight is 338 g/mol. The molecule has 0 radical (unpaired) electrons. The number of aromatic nitrogens is 1. The van der Waals surface area contributed by atoms with Gasteiger partial charge in [0.1, 0.15) is 11.3 Å². The molecule has 0 atom stereocenters. The summed E-state index contributed by atoms with van der Waals surface area (Å²) in [5, 5.41) is 4.44. The van der Waals surface area contributed by atoms with Crippen molar-refractivity contribution >= 4 is 27.8 Å². The summed E-state index contributed by atoms with van der Waals surface area (Å²) < 4.78 is 7.20. The van der Waals surface area contributed by atoms with Crippen LogP contribution in [0.4, 0.5) is 0 Å². The number of carbonyl (C=O) groups excluding carboxylic acids is 1. The Hall–Kier alpha value is -2.56. The van der Waals surface area contributed by atoms with Crippen molar-refractivity contribution < 1.29 is 9.21 Å². The van der Waals surface area contributed by atoms with Crippen LogP contribution < -0.4 is 10.9 Å². The molecule has 5 nitrogen and oxygen atoms in total. The fourth-order valence-electron chi connectivity index (χ4n) is 3.89. The van der Waals surface area contributed by atoms with Crippen LogP contribution in [-0.4, -0.2) is 16.5 Å². The van der Waals surface area contributed by atoms with E-state index >= 15 is 0 Å². The lowest BCUT2D eigenvalue weighted by Crippen LogP contribution is -2.35. The van der Waals surface area contributed by atoms with E-state index in [0.717, 1.165) is 36.6 Å². The van der Waals surface area contributed by atoms with E-state index in [-0.39, 0.29) is 11.9 Å². The second-order valence-electron chi connectivity index (χ2n) is 6.90. The number of hydrogen-bond donors (Lipinski definition) is 1. The first-order valence-electron chi connectivity index (χ1n) is 8.97. The monoisotopic (exact) mass is 338 g/mol. The van der Waals surface area contributed by atoms with Crippen LogP contribution in [0.3, 0.4) is 0 Å². The van der Waals surface area contributed by atoms with Crippen molar-refractivity contribution in [2.45, 2.75) is 44.6 Å². The summed E-state index contributed by atoms with van der Waals surface area (Å²) in [6.07, 6.45) is 6.87. The lowest BCUT2D eigenvalue weighted by molar-refractivity contribution is 0.0925. The van der Waals surface area contributed by atoms with Crippen molar-refractivity contribution in [2.75, 3.05) is 0 Å². The third-order valence-electron chi connectivity index (χ3n) is 5.22. The summed E-state index contributed by atoms with van der Waals surface area (Å²) in [4.78, 5) is 25.1. The molecule has 130 valence electrons. The Morgan fingerprint density at radius 3 is 2.60 bits per heavy atom. The summed E-state index contributed by atoms with van der Waals surface area (Å²) in [5.41, 5.74) is 1.38. The second kappa shape index (κ2) is 6.39. The van der Waals surface area contributed by atoms with Crippen LogP contribution in [0.1, 0.15) is 49.0 Å². The SMILES string of the molecule is Cn1c(C(=O)NC2CCCCCC2)cc2c(=O)oc3ccccc3c21. The predicted molar refractivity (Wildman–Crippen MR) is 97.9 cm³/mol. The minimum Gasteiger partial charge on any atom is -0.422 e. The van der Waals surface area contributed by atoms with Gasteiger partial charge in [0.2, 0.25) is 0 Å². The summed E-state index contributed by atoms with van der Waals surface area (Å²) in [7, 11) is 1.83. The van der Waals surface area contributed by atoms with E-state index in [0.29, 0.717) is 16.7 Å². The van der Waals surface area contributed by atoms with Crippen molar-refractivity contribution in [1.29, 1.82) is 0 Å². The highest BCUT2D eigenvalue weighted by molar-refractivity contribution is 6.07. The molecular weight excluding hydrogens is 316 g/mol. The molecule has 0 aliphatic heterocycles. The van der Waals surface area contributed by atoms with Gasteiger partial charge in [-0.3, -0.25) is 4.79 Å². The molecule has 1 fully saturated rings. The first-order chi connectivity index (χ1) is 12.1. The van der Waals surface area contributed by atoms with Crippen LogP contribution in [-0.2, 0) is 7.05 Å². The third-order valence-corrected chi connectivity index (χ3v) is 5.22. The number of nitrogens with zero attached hydrogens (tertiary/aromatic N) is 1. The van der Waals surface area contributed by atoms with E-state index in [2.05, 4.69) is 5.32 Å². The topological polar surface area (TPSA) is 64.2 Å². The summed E-state index contributed by atoms with van der Waals surface area (Å²) in [5.74, 6) is -0.117. The molecule has 2 heterocycles. The molecule has 0 bridgehead atoms. The Morgan fingerprint density at radius 2 is 1.84 bits per heavy atom. The molecule has 4 rings (SSSR count). The molecule has 1 aromatic carbocycles. The van der Waals surface area contributed by atoms with Crippen LogP contribution in [0.25, 0.3) is 21.9 Å². The van der Waals surface area contributed by atoms with Gasteiger partial charge < -0.3 is 14.3 Å². The highest BCUT2D eigenvalue weighted by atomic mass is 16.4. The highest BCUT2D eigenvalue weighted by Gasteiger charge is 2.21. The predicted octanol–water partition coefficient (Wildman–Crippen LogP) is 3.74. The lowest BCUT2D eigenvalue weighted by atomic mass is 10.1. The molecule has 1 N–H and O–H groups in total. The fraction of sp³-hybridized carbons (Fsp3) is 0.400. The number of fused-ring (bicyclic) bond motifs is 3. The number of rotatable bonds is 2. The van der Waals surface area contributed by atoms with Crippen LogP contribution in [0, 0.1) is 0 Å². The zero-order valence-corrected chi connectivity index (χ0v) is 14.4. The number of para-hydroxylation sites is 1. The van der Waals surface area contributed by atoms with E-state index in [9.17, 15) is 9.59 Å². The maximum Gasteiger partial charge on any atom is 0.345 e. The molecule has 3 aromatic rings. The molecule has 1 saturated carbocycles. The Kier molecular flexibility index (Phi) is 4.07. The van der Waals surface area contributed by atoms with Crippen molar-refractivity contribution in [2.24, 2.45) is 7.05 Å². The normalized spacial score (nSPS) is 16.2. The smallest absolute Gasteiger partial charge is 0.345 e. The standard InChI is InChI=1S/C20H22N2O3/c1-22-16(19(23)21-13-8-4-2-3-5-9-13)12-15-18(22)14-10-6-7-11-17(14)25-20(15)24/h6-7,10-13H,2-5,8-9H2,1H3,(H,21,23). The van der Waals surface area contributed by atoms with Crippen LogP contribution in [0.2, 0.25) is 0 Å². The number of nitrogens with one attached hydrogen (secondary N) is 1. The second-order valence-corrected chi connectivity index (χ2v) is 6.90. The Morgan fingerprint density at radius 1 is 1.12 bits per heavy atom. The molecule has 1 aliphatic rings. The van der Waals surface area contributed by atoms with Gasteiger partial charge in [0.25, 0.3) is 5.91 Å². The first kappa shape index (κ1) is 15.9. The summed E-state index contributed by atoms with van der Waals surface area (Å²) >= 11 is 0. The molecule has 2 aromatic heterocycles. The van der Waals surface area contributed by atoms with Gasteiger partial charge >= 0.3 is 5.63 Å². The van der Waals surface area contributed by atoms with Crippen LogP contribution >= 0.6 is 0 Å². The van der Waals surface area contributed by atoms with E-state index in [1.54, 1.807) is 16.7 Å². The Labute approximate surface area is 145 Å². The van der Waals surface area contributed by atoms with Crippen molar-refractivity contribution in [1.82, 2.24) is 9.88 Å². The van der Waals surface area contributed by atoms with Gasteiger partial charge in [-0.2, -0.15) is 0 Å². The molecule has 0 unspecified atom stereocenters. The van der Waals surface area contributed by atoms with Crippen LogP contribution in [0.5, 0.6) is 0 Å². The zero-order valence-electron chi connectivity index (χ0n) is 14.4. The Balaban J connectivity index is 1.76. The van der Waals surface area contributed by atoms with Gasteiger partial charge in [-0.15, -0.1) is 0 Å². The number of benzene rings is 1. The number of hydrogen-bond acceptors (Lipinski definition) is 3. The molecule has 0 saturated heterocycles. The summed E-state index contributed by atoms with van der Waals surface area (Å²) in [6, 6.07) is 9.29. The number of carbonyl (C=O) groups is 1. The Bertz CT molecular complexity index is 991. The van der Waals surface area contributed by atoms with Gasteiger partial charge in [-0.25, -0.2) is 4.79 Å². The van der Waals surface area contributed by atoms with E-state index in [1.807, 2.05) is 25.2 Å². The molecule has 25 heavy (non-hydrogen) atoms. The lowest BCUT2D eigenvalue weighted by Gasteiger charge is -2.16. The van der Waals surface area contributed by atoms with Gasteiger partial charge in [-0.05, 0) is 31.0 Å². The van der Waals surface area contributed by atoms with Gasteiger partial charge in [0.15, 0.2) is 0 Å². The number of amides is 1. The van der Waals surface area contributed by atoms with Crippen molar-refractivity contribution in [3.8, 4) is 0 Å². The van der Waals surface area contributed by atoms with Gasteiger partial charge in [0, 0.05) is 18.5 Å². The summed E-state index contributed by atoms with van der Waals surface area (Å²) in [6.45, 7) is 0. The molecule has 0 spiro atoms. The van der Waals surface area contributed by atoms with Crippen molar-refractivity contribution in [3.05, 3.63) is 46.4 Å². The third kappa shape index (κ3) is 2.84. The molecular formula is C20H22N2O3. The van der Waals surface area contributed by atoms with Crippen molar-refractivity contribution in [3.63, 3.8) is 0 Å². The maximum absolute atomic E-state index is 12.8. The number of aryl methyl sites for hydroxylation is 1. The van der Waals surface area contributed by atoms with E-state index in [4.69, 9.17) is 4.42 Å². The average Bonchev–Trinajstić information content (AvgIpc) is 2.78. The largest absolute Gasteiger partial charge is 0.422 e. The molecule has 1 amide bonds. The van der Waals surface area contributed by atoms with Crippen LogP contribution in [0.15, 0.2) is 39.5 Å². The minimum absolute atomic E-state index is 0.117. The molecule has 1 aliphatic carbocycles. The highest BCUT2D eigenvalue weighted by Crippen LogP contribution is 2.25.